The van der Waals surface area contributed by atoms with E-state index < -0.39 is 18.0 Å². The quantitative estimate of drug-likeness (QED) is 0.553. The van der Waals surface area contributed by atoms with Crippen LogP contribution in [0.25, 0.3) is 0 Å². The Morgan fingerprint density at radius 3 is 2.88 bits per heavy atom. The number of carbonyl (C=O) groups excluding carboxylic acids is 2. The first-order valence-electron chi connectivity index (χ1n) is 4.84. The number of piperidine rings is 1. The van der Waals surface area contributed by atoms with Gasteiger partial charge in [-0.15, -0.1) is 0 Å². The molecule has 1 fully saturated rings. The summed E-state index contributed by atoms with van der Waals surface area (Å²) in [6.45, 7) is 3.55. The van der Waals surface area contributed by atoms with E-state index in [0.29, 0.717) is 0 Å². The zero-order chi connectivity index (χ0) is 12.1. The lowest BCUT2D eigenvalue weighted by Crippen LogP contribution is -2.47. The number of likely N-dealkylation sites (tertiary alicyclic amines) is 1. The van der Waals surface area contributed by atoms with Crippen LogP contribution in [0.15, 0.2) is 12.7 Å². The molecule has 0 aliphatic carbocycles. The summed E-state index contributed by atoms with van der Waals surface area (Å²) in [6.07, 6.45) is 0.862. The number of hydrogen-bond donors (Lipinski definition) is 1. The standard InChI is InChI=1S/C10H13NO5/c1-2-5-16-10(15)11-4-3-8(12)7(6-11)9(13)14/h2,7H,1,3-6H2,(H,13,14). The second-order valence-electron chi connectivity index (χ2n) is 3.42. The molecule has 0 spiro atoms. The summed E-state index contributed by atoms with van der Waals surface area (Å²) in [5, 5.41) is 8.77. The van der Waals surface area contributed by atoms with Crippen molar-refractivity contribution in [3.8, 4) is 0 Å². The molecule has 1 aliphatic rings. The number of amides is 1. The molecule has 88 valence electrons. The molecule has 6 nitrogen and oxygen atoms in total. The van der Waals surface area contributed by atoms with E-state index in [-0.39, 0.29) is 31.9 Å². The van der Waals surface area contributed by atoms with Crippen LogP contribution < -0.4 is 0 Å². The van der Waals surface area contributed by atoms with Crippen molar-refractivity contribution in [3.63, 3.8) is 0 Å². The summed E-state index contributed by atoms with van der Waals surface area (Å²) < 4.78 is 4.76. The van der Waals surface area contributed by atoms with Crippen LogP contribution in [0.3, 0.4) is 0 Å². The van der Waals surface area contributed by atoms with Gasteiger partial charge in [-0.05, 0) is 0 Å². The fraction of sp³-hybridized carbons (Fsp3) is 0.500. The first kappa shape index (κ1) is 12.2. The van der Waals surface area contributed by atoms with Gasteiger partial charge in [-0.25, -0.2) is 4.79 Å². The van der Waals surface area contributed by atoms with E-state index in [0.717, 1.165) is 0 Å². The van der Waals surface area contributed by atoms with Crippen molar-refractivity contribution >= 4 is 17.8 Å². The lowest BCUT2D eigenvalue weighted by Gasteiger charge is -2.28. The number of hydrogen-bond acceptors (Lipinski definition) is 4. The first-order valence-corrected chi connectivity index (χ1v) is 4.84. The van der Waals surface area contributed by atoms with E-state index >= 15 is 0 Å². The largest absolute Gasteiger partial charge is 0.481 e. The van der Waals surface area contributed by atoms with Crippen LogP contribution in [0.2, 0.25) is 0 Å². The van der Waals surface area contributed by atoms with Gasteiger partial charge in [0.05, 0.1) is 0 Å². The minimum atomic E-state index is -1.20. The van der Waals surface area contributed by atoms with E-state index in [1.807, 2.05) is 0 Å². The number of carboxylic acids is 1. The van der Waals surface area contributed by atoms with Gasteiger partial charge in [-0.3, -0.25) is 9.59 Å². The van der Waals surface area contributed by atoms with Crippen LogP contribution in [0, 0.1) is 5.92 Å². The van der Waals surface area contributed by atoms with Crippen molar-refractivity contribution in [1.82, 2.24) is 4.90 Å². The number of carboxylic acid groups (broad SMARTS) is 1. The minimum absolute atomic E-state index is 0.0557. The molecule has 1 saturated heterocycles. The normalized spacial score (nSPS) is 20.4. The Labute approximate surface area is 92.5 Å². The minimum Gasteiger partial charge on any atom is -0.481 e. The predicted molar refractivity (Wildman–Crippen MR) is 53.9 cm³/mol. The zero-order valence-electron chi connectivity index (χ0n) is 8.72. The number of aliphatic carboxylic acids is 1. The Kier molecular flexibility index (Phi) is 4.04. The third kappa shape index (κ3) is 2.82. The van der Waals surface area contributed by atoms with Gasteiger partial charge in [0.1, 0.15) is 12.5 Å². The SMILES string of the molecule is C=CCOC(=O)N1CCC(=O)C(C(=O)O)C1. The maximum atomic E-state index is 11.4. The molecule has 0 bridgehead atoms. The Bertz CT molecular complexity index is 325. The van der Waals surface area contributed by atoms with Crippen molar-refractivity contribution in [1.29, 1.82) is 0 Å². The molecule has 1 rings (SSSR count). The third-order valence-electron chi connectivity index (χ3n) is 2.30. The van der Waals surface area contributed by atoms with Gasteiger partial charge in [0.2, 0.25) is 0 Å². The summed E-state index contributed by atoms with van der Waals surface area (Å²) in [5.74, 6) is -2.68. The molecule has 1 unspecified atom stereocenters. The lowest BCUT2D eigenvalue weighted by atomic mass is 9.97. The van der Waals surface area contributed by atoms with Gasteiger partial charge < -0.3 is 14.7 Å². The lowest BCUT2D eigenvalue weighted by molar-refractivity contribution is -0.148. The monoisotopic (exact) mass is 227 g/mol. The van der Waals surface area contributed by atoms with Crippen molar-refractivity contribution in [2.24, 2.45) is 5.92 Å². The Hall–Kier alpha value is -1.85. The van der Waals surface area contributed by atoms with Crippen LogP contribution in [-0.2, 0) is 14.3 Å². The van der Waals surface area contributed by atoms with Gasteiger partial charge in [0.15, 0.2) is 5.78 Å². The molecule has 1 atom stereocenters. The number of rotatable bonds is 3. The molecule has 0 aromatic carbocycles. The maximum Gasteiger partial charge on any atom is 0.410 e. The summed E-state index contributed by atoms with van der Waals surface area (Å²) >= 11 is 0. The molecule has 1 amide bonds. The maximum absolute atomic E-state index is 11.4. The summed E-state index contributed by atoms with van der Waals surface area (Å²) in [7, 11) is 0. The highest BCUT2D eigenvalue weighted by Gasteiger charge is 2.35. The van der Waals surface area contributed by atoms with Crippen LogP contribution in [0.4, 0.5) is 4.79 Å². The highest BCUT2D eigenvalue weighted by atomic mass is 16.6. The van der Waals surface area contributed by atoms with Gasteiger partial charge in [0, 0.05) is 19.5 Å². The fourth-order valence-electron chi connectivity index (χ4n) is 1.44. The molecule has 6 heteroatoms. The first-order chi connectivity index (χ1) is 7.56. The molecule has 1 heterocycles. The summed E-state index contributed by atoms with van der Waals surface area (Å²) in [4.78, 5) is 34.6. The average Bonchev–Trinajstić information content (AvgIpc) is 2.26. The number of carbonyl (C=O) groups is 3. The van der Waals surface area contributed by atoms with Crippen molar-refractivity contribution in [3.05, 3.63) is 12.7 Å². The number of ketones is 1. The highest BCUT2D eigenvalue weighted by Crippen LogP contribution is 2.14. The van der Waals surface area contributed by atoms with Gasteiger partial charge >= 0.3 is 12.1 Å². The van der Waals surface area contributed by atoms with Crippen molar-refractivity contribution in [2.75, 3.05) is 19.7 Å². The van der Waals surface area contributed by atoms with Gasteiger partial charge in [-0.1, -0.05) is 12.7 Å². The highest BCUT2D eigenvalue weighted by molar-refractivity contribution is 5.99. The molecule has 0 saturated carbocycles. The van der Waals surface area contributed by atoms with Crippen LogP contribution >= 0.6 is 0 Å². The number of nitrogens with zero attached hydrogens (tertiary/aromatic N) is 1. The molecule has 16 heavy (non-hydrogen) atoms. The predicted octanol–water partition coefficient (Wildman–Crippen LogP) is 0.285. The second-order valence-corrected chi connectivity index (χ2v) is 3.42. The Morgan fingerprint density at radius 1 is 1.62 bits per heavy atom. The van der Waals surface area contributed by atoms with Crippen LogP contribution in [-0.4, -0.2) is 47.5 Å². The molecule has 0 radical (unpaired) electrons. The molecular formula is C10H13NO5. The van der Waals surface area contributed by atoms with E-state index in [2.05, 4.69) is 6.58 Å². The van der Waals surface area contributed by atoms with E-state index in [4.69, 9.17) is 9.84 Å². The van der Waals surface area contributed by atoms with Crippen LogP contribution in [0.1, 0.15) is 6.42 Å². The summed E-state index contributed by atoms with van der Waals surface area (Å²) in [6, 6.07) is 0. The molecule has 1 N–H and O–H groups in total. The topological polar surface area (TPSA) is 83.9 Å². The number of Topliss-reactive ketones (excluding diaryl/α,β-unsaturated/α-hetero) is 1. The van der Waals surface area contributed by atoms with Crippen molar-refractivity contribution in [2.45, 2.75) is 6.42 Å². The van der Waals surface area contributed by atoms with Gasteiger partial charge in [0.25, 0.3) is 0 Å². The molecule has 0 aromatic rings. The Morgan fingerprint density at radius 2 is 2.31 bits per heavy atom. The van der Waals surface area contributed by atoms with E-state index in [1.165, 1.54) is 11.0 Å². The zero-order valence-corrected chi connectivity index (χ0v) is 8.72. The Balaban J connectivity index is 2.57. The molecule has 0 aromatic heterocycles. The molecular weight excluding hydrogens is 214 g/mol. The second kappa shape index (κ2) is 5.29. The van der Waals surface area contributed by atoms with Crippen molar-refractivity contribution < 1.29 is 24.2 Å². The van der Waals surface area contributed by atoms with Gasteiger partial charge in [-0.2, -0.15) is 0 Å². The van der Waals surface area contributed by atoms with E-state index in [9.17, 15) is 14.4 Å². The third-order valence-corrected chi connectivity index (χ3v) is 2.30. The fourth-order valence-corrected chi connectivity index (χ4v) is 1.44. The van der Waals surface area contributed by atoms with E-state index in [1.54, 1.807) is 0 Å². The van der Waals surface area contributed by atoms with Crippen LogP contribution in [0.5, 0.6) is 0 Å². The average molecular weight is 227 g/mol. The smallest absolute Gasteiger partial charge is 0.410 e. The summed E-state index contributed by atoms with van der Waals surface area (Å²) in [5.41, 5.74) is 0. The number of ether oxygens (including phenoxy) is 1. The molecule has 1 aliphatic heterocycles.